The molecule has 0 saturated carbocycles. The topological polar surface area (TPSA) is 98.1 Å². The van der Waals surface area contributed by atoms with E-state index in [1.807, 2.05) is 32.0 Å². The van der Waals surface area contributed by atoms with Gasteiger partial charge in [0.2, 0.25) is 15.2 Å². The van der Waals surface area contributed by atoms with Crippen LogP contribution in [0, 0.1) is 13.8 Å². The Bertz CT molecular complexity index is 1170. The largest absolute Gasteiger partial charge is 0.293 e. The molecule has 3 aromatic rings. The molecule has 0 spiro atoms. The number of nitrogens with zero attached hydrogens (tertiary/aromatic N) is 5. The van der Waals surface area contributed by atoms with Gasteiger partial charge in [0.05, 0.1) is 16.3 Å². The molecule has 31 heavy (non-hydrogen) atoms. The van der Waals surface area contributed by atoms with E-state index in [0.29, 0.717) is 23.8 Å². The average molecular weight is 460 g/mol. The van der Waals surface area contributed by atoms with E-state index in [1.165, 1.54) is 28.2 Å². The Morgan fingerprint density at radius 3 is 2.39 bits per heavy atom. The maximum absolute atomic E-state index is 12.7. The Morgan fingerprint density at radius 1 is 1.06 bits per heavy atom. The minimum Gasteiger partial charge on any atom is -0.293 e. The maximum Gasteiger partial charge on any atom is 0.243 e. The number of tetrazole rings is 1. The molecule has 0 aliphatic rings. The van der Waals surface area contributed by atoms with Gasteiger partial charge in [0.25, 0.3) is 0 Å². The molecular weight excluding hydrogens is 434 g/mol. The van der Waals surface area contributed by atoms with Gasteiger partial charge in [0.1, 0.15) is 0 Å². The highest BCUT2D eigenvalue weighted by molar-refractivity contribution is 7.99. The van der Waals surface area contributed by atoms with Crippen molar-refractivity contribution in [3.63, 3.8) is 0 Å². The lowest BCUT2D eigenvalue weighted by Crippen LogP contribution is -2.30. The summed E-state index contributed by atoms with van der Waals surface area (Å²) in [6.45, 7) is 8.35. The molecule has 0 amide bonds. The minimum atomic E-state index is -3.55. The number of aryl methyl sites for hydroxylation is 2. The Balaban J connectivity index is 1.73. The lowest BCUT2D eigenvalue weighted by molar-refractivity contribution is 0.102. The van der Waals surface area contributed by atoms with Crippen LogP contribution in [0.2, 0.25) is 0 Å². The van der Waals surface area contributed by atoms with Crippen LogP contribution in [0.4, 0.5) is 0 Å². The molecule has 0 radical (unpaired) electrons. The summed E-state index contributed by atoms with van der Waals surface area (Å²) in [5.74, 6) is 0.000191. The van der Waals surface area contributed by atoms with E-state index in [2.05, 4.69) is 15.5 Å². The molecule has 1 heterocycles. The molecule has 164 valence electrons. The van der Waals surface area contributed by atoms with Gasteiger partial charge in [-0.3, -0.25) is 4.79 Å². The van der Waals surface area contributed by atoms with E-state index in [0.717, 1.165) is 16.8 Å². The predicted molar refractivity (Wildman–Crippen MR) is 120 cm³/mol. The summed E-state index contributed by atoms with van der Waals surface area (Å²) in [6.07, 6.45) is 0. The van der Waals surface area contributed by atoms with Crippen molar-refractivity contribution in [1.29, 1.82) is 0 Å². The Hall–Kier alpha value is -2.56. The second-order valence-electron chi connectivity index (χ2n) is 6.99. The number of Topliss-reactive ketones (excluding diaryl/α,β-unsaturated/α-hetero) is 1. The Kier molecular flexibility index (Phi) is 7.24. The van der Waals surface area contributed by atoms with Crippen molar-refractivity contribution in [3.8, 4) is 5.69 Å². The number of aromatic nitrogens is 4. The van der Waals surface area contributed by atoms with E-state index in [1.54, 1.807) is 30.7 Å². The zero-order valence-corrected chi connectivity index (χ0v) is 19.6. The van der Waals surface area contributed by atoms with E-state index >= 15 is 0 Å². The van der Waals surface area contributed by atoms with Crippen molar-refractivity contribution in [2.45, 2.75) is 37.7 Å². The normalized spacial score (nSPS) is 11.8. The van der Waals surface area contributed by atoms with Gasteiger partial charge < -0.3 is 0 Å². The first-order chi connectivity index (χ1) is 14.8. The van der Waals surface area contributed by atoms with E-state index < -0.39 is 10.0 Å². The number of sulfonamides is 1. The first-order valence-corrected chi connectivity index (χ1v) is 12.3. The fourth-order valence-corrected chi connectivity index (χ4v) is 5.34. The molecule has 2 aromatic carbocycles. The molecule has 3 rings (SSSR count). The summed E-state index contributed by atoms with van der Waals surface area (Å²) in [4.78, 5) is 12.8. The number of carbonyl (C=O) groups is 1. The molecule has 0 atom stereocenters. The summed E-state index contributed by atoms with van der Waals surface area (Å²) in [6, 6.07) is 12.1. The summed E-state index contributed by atoms with van der Waals surface area (Å²) in [5.41, 5.74) is 3.42. The van der Waals surface area contributed by atoms with Crippen LogP contribution >= 0.6 is 11.8 Å². The first kappa shape index (κ1) is 23.1. The quantitative estimate of drug-likeness (QED) is 0.358. The summed E-state index contributed by atoms with van der Waals surface area (Å²) < 4.78 is 28.2. The predicted octanol–water partition coefficient (Wildman–Crippen LogP) is 3.28. The lowest BCUT2D eigenvalue weighted by atomic mass is 10.1. The van der Waals surface area contributed by atoms with Crippen LogP contribution in [0.1, 0.15) is 35.3 Å². The molecule has 0 aliphatic carbocycles. The van der Waals surface area contributed by atoms with E-state index in [9.17, 15) is 13.2 Å². The van der Waals surface area contributed by atoms with Crippen LogP contribution in [0.15, 0.2) is 52.5 Å². The van der Waals surface area contributed by atoms with Crippen molar-refractivity contribution in [3.05, 3.63) is 59.2 Å². The molecule has 1 aromatic heterocycles. The number of benzene rings is 2. The van der Waals surface area contributed by atoms with Crippen molar-refractivity contribution in [2.24, 2.45) is 0 Å². The fraction of sp³-hybridized carbons (Fsp3) is 0.333. The average Bonchev–Trinajstić information content (AvgIpc) is 3.23. The van der Waals surface area contributed by atoms with Crippen LogP contribution in [-0.2, 0) is 10.0 Å². The van der Waals surface area contributed by atoms with Gasteiger partial charge in [-0.2, -0.15) is 8.99 Å². The highest BCUT2D eigenvalue weighted by atomic mass is 32.2. The van der Waals surface area contributed by atoms with Crippen LogP contribution in [0.3, 0.4) is 0 Å². The van der Waals surface area contributed by atoms with Gasteiger partial charge in [0, 0.05) is 18.7 Å². The van der Waals surface area contributed by atoms with Gasteiger partial charge in [0.15, 0.2) is 5.78 Å². The third kappa shape index (κ3) is 5.03. The van der Waals surface area contributed by atoms with Crippen molar-refractivity contribution >= 4 is 27.6 Å². The van der Waals surface area contributed by atoms with Gasteiger partial charge in [-0.05, 0) is 53.6 Å². The SMILES string of the molecule is CCN(CC)S(=O)(=O)c1ccc(C(=O)CSc2nnnn2-c2cc(C)ccc2C)cc1. The van der Waals surface area contributed by atoms with Gasteiger partial charge in [-0.1, -0.05) is 49.9 Å². The molecule has 0 fully saturated rings. The Labute approximate surface area is 186 Å². The highest BCUT2D eigenvalue weighted by Crippen LogP contribution is 2.23. The maximum atomic E-state index is 12.7. The number of hydrogen-bond donors (Lipinski definition) is 0. The van der Waals surface area contributed by atoms with Crippen LogP contribution in [0.25, 0.3) is 5.69 Å². The molecule has 8 nitrogen and oxygen atoms in total. The molecule has 0 saturated heterocycles. The summed E-state index contributed by atoms with van der Waals surface area (Å²) in [7, 11) is -3.55. The zero-order chi connectivity index (χ0) is 22.6. The molecule has 0 bridgehead atoms. The van der Waals surface area contributed by atoms with Crippen LogP contribution < -0.4 is 0 Å². The molecule has 10 heteroatoms. The van der Waals surface area contributed by atoms with Crippen LogP contribution in [-0.4, -0.2) is 57.6 Å². The third-order valence-corrected chi connectivity index (χ3v) is 7.87. The number of rotatable bonds is 9. The molecule has 0 N–H and O–H groups in total. The van der Waals surface area contributed by atoms with Gasteiger partial charge in [-0.25, -0.2) is 8.42 Å². The zero-order valence-electron chi connectivity index (χ0n) is 17.9. The standard InChI is InChI=1S/C21H25N5O3S2/c1-5-25(6-2)31(28,29)18-11-9-17(10-12-18)20(27)14-30-21-22-23-24-26(21)19-13-15(3)7-8-16(19)4/h7-13H,5-6,14H2,1-4H3. The number of hydrogen-bond acceptors (Lipinski definition) is 7. The van der Waals surface area contributed by atoms with Gasteiger partial charge >= 0.3 is 0 Å². The molecule has 0 unspecified atom stereocenters. The monoisotopic (exact) mass is 459 g/mol. The fourth-order valence-electron chi connectivity index (χ4n) is 3.11. The molecular formula is C21H25N5O3S2. The van der Waals surface area contributed by atoms with Crippen molar-refractivity contribution in [1.82, 2.24) is 24.5 Å². The Morgan fingerprint density at radius 2 is 1.74 bits per heavy atom. The first-order valence-electron chi connectivity index (χ1n) is 9.90. The number of thioether (sulfide) groups is 1. The van der Waals surface area contributed by atoms with E-state index in [4.69, 9.17) is 0 Å². The summed E-state index contributed by atoms with van der Waals surface area (Å²) in [5, 5.41) is 12.4. The molecule has 0 aliphatic heterocycles. The minimum absolute atomic E-state index is 0.132. The number of ketones is 1. The smallest absolute Gasteiger partial charge is 0.243 e. The van der Waals surface area contributed by atoms with Crippen LogP contribution in [0.5, 0.6) is 0 Å². The second kappa shape index (κ2) is 9.71. The highest BCUT2D eigenvalue weighted by Gasteiger charge is 2.22. The summed E-state index contributed by atoms with van der Waals surface area (Å²) >= 11 is 1.24. The number of carbonyl (C=O) groups excluding carboxylic acids is 1. The van der Waals surface area contributed by atoms with E-state index in [-0.39, 0.29) is 16.4 Å². The second-order valence-corrected chi connectivity index (χ2v) is 9.87. The van der Waals surface area contributed by atoms with Crippen molar-refractivity contribution in [2.75, 3.05) is 18.8 Å². The van der Waals surface area contributed by atoms with Gasteiger partial charge in [-0.15, -0.1) is 5.10 Å². The lowest BCUT2D eigenvalue weighted by Gasteiger charge is -2.18. The van der Waals surface area contributed by atoms with Crippen molar-refractivity contribution < 1.29 is 13.2 Å². The third-order valence-electron chi connectivity index (χ3n) is 4.89.